The van der Waals surface area contributed by atoms with E-state index in [1.165, 1.54) is 0 Å². The van der Waals surface area contributed by atoms with Crippen LogP contribution in [0, 0.1) is 0 Å². The van der Waals surface area contributed by atoms with Crippen LogP contribution < -0.4 is 4.90 Å². The molecule has 2 rings (SSSR count). The molecule has 6 heteroatoms. The number of nitrogens with zero attached hydrogens (tertiary/aromatic N) is 4. The molecule has 1 saturated heterocycles. The van der Waals surface area contributed by atoms with Crippen LogP contribution in [0.3, 0.4) is 0 Å². The van der Waals surface area contributed by atoms with Crippen molar-refractivity contribution in [2.75, 3.05) is 38.1 Å². The number of hydrogen-bond acceptors (Lipinski definition) is 4. The van der Waals surface area contributed by atoms with Gasteiger partial charge in [0.2, 0.25) is 5.95 Å². The zero-order chi connectivity index (χ0) is 10.8. The molecule has 0 atom stereocenters. The summed E-state index contributed by atoms with van der Waals surface area (Å²) in [4.78, 5) is 13.2. The van der Waals surface area contributed by atoms with Gasteiger partial charge in [-0.2, -0.15) is 0 Å². The first kappa shape index (κ1) is 11.3. The van der Waals surface area contributed by atoms with E-state index in [2.05, 4.69) is 58.7 Å². The Labute approximate surface area is 106 Å². The zero-order valence-corrected chi connectivity index (χ0v) is 11.6. The van der Waals surface area contributed by atoms with Gasteiger partial charge in [0.1, 0.15) is 9.21 Å². The quantitative estimate of drug-likeness (QED) is 0.732. The van der Waals surface area contributed by atoms with E-state index in [4.69, 9.17) is 0 Å². The van der Waals surface area contributed by atoms with E-state index in [1.807, 2.05) is 6.07 Å². The fourth-order valence-electron chi connectivity index (χ4n) is 1.53. The van der Waals surface area contributed by atoms with E-state index in [0.29, 0.717) is 0 Å². The Balaban J connectivity index is 2.15. The standard InChI is InChI=1S/C9H12Br2N4/c1-14-2-4-15(5-3-14)9-12-7(10)6-8(11)13-9/h6H,2-5H2,1H3. The molecule has 82 valence electrons. The smallest absolute Gasteiger partial charge is 0.227 e. The summed E-state index contributed by atoms with van der Waals surface area (Å²) in [6.45, 7) is 4.10. The molecule has 0 spiro atoms. The van der Waals surface area contributed by atoms with Crippen molar-refractivity contribution in [3.05, 3.63) is 15.3 Å². The highest BCUT2D eigenvalue weighted by molar-refractivity contribution is 9.11. The van der Waals surface area contributed by atoms with Gasteiger partial charge in [0.05, 0.1) is 0 Å². The second-order valence-corrected chi connectivity index (χ2v) is 5.23. The van der Waals surface area contributed by atoms with Crippen LogP contribution in [-0.2, 0) is 0 Å². The van der Waals surface area contributed by atoms with Crippen LogP contribution in [-0.4, -0.2) is 48.1 Å². The molecular formula is C9H12Br2N4. The zero-order valence-electron chi connectivity index (χ0n) is 8.45. The van der Waals surface area contributed by atoms with E-state index in [9.17, 15) is 0 Å². The van der Waals surface area contributed by atoms with E-state index >= 15 is 0 Å². The molecule has 4 nitrogen and oxygen atoms in total. The van der Waals surface area contributed by atoms with E-state index < -0.39 is 0 Å². The molecule has 0 saturated carbocycles. The lowest BCUT2D eigenvalue weighted by Gasteiger charge is -2.32. The maximum Gasteiger partial charge on any atom is 0.227 e. The van der Waals surface area contributed by atoms with Crippen molar-refractivity contribution in [2.45, 2.75) is 0 Å². The van der Waals surface area contributed by atoms with Gasteiger partial charge in [0.25, 0.3) is 0 Å². The first-order chi connectivity index (χ1) is 7.15. The average molecular weight is 336 g/mol. The Morgan fingerprint density at radius 3 is 2.13 bits per heavy atom. The molecule has 2 heterocycles. The lowest BCUT2D eigenvalue weighted by molar-refractivity contribution is 0.311. The fourth-order valence-corrected chi connectivity index (χ4v) is 2.58. The maximum absolute atomic E-state index is 4.37. The Morgan fingerprint density at radius 2 is 1.60 bits per heavy atom. The third kappa shape index (κ3) is 2.89. The number of aromatic nitrogens is 2. The molecule has 1 aliphatic heterocycles. The highest BCUT2D eigenvalue weighted by atomic mass is 79.9. The van der Waals surface area contributed by atoms with E-state index in [1.54, 1.807) is 0 Å². The number of piperazine rings is 1. The average Bonchev–Trinajstić information content (AvgIpc) is 2.17. The van der Waals surface area contributed by atoms with Gasteiger partial charge in [0, 0.05) is 32.2 Å². The molecule has 0 aliphatic carbocycles. The van der Waals surface area contributed by atoms with Crippen LogP contribution in [0.2, 0.25) is 0 Å². The number of likely N-dealkylation sites (N-methyl/N-ethyl adjacent to an activating group) is 1. The highest BCUT2D eigenvalue weighted by Crippen LogP contribution is 2.18. The molecule has 0 N–H and O–H groups in total. The summed E-state index contributed by atoms with van der Waals surface area (Å²) in [5.41, 5.74) is 0. The number of halogens is 2. The lowest BCUT2D eigenvalue weighted by atomic mass is 10.3. The first-order valence-electron chi connectivity index (χ1n) is 4.79. The van der Waals surface area contributed by atoms with E-state index in [-0.39, 0.29) is 0 Å². The van der Waals surface area contributed by atoms with Crippen LogP contribution in [0.25, 0.3) is 0 Å². The summed E-state index contributed by atoms with van der Waals surface area (Å²) in [7, 11) is 2.13. The van der Waals surface area contributed by atoms with Gasteiger partial charge in [0.15, 0.2) is 0 Å². The number of hydrogen-bond donors (Lipinski definition) is 0. The predicted molar refractivity (Wildman–Crippen MR) is 67.1 cm³/mol. The Hall–Kier alpha value is -0.200. The van der Waals surface area contributed by atoms with Crippen LogP contribution in [0.4, 0.5) is 5.95 Å². The van der Waals surface area contributed by atoms with Crippen LogP contribution in [0.5, 0.6) is 0 Å². The predicted octanol–water partition coefficient (Wildman–Crippen LogP) is 1.75. The minimum Gasteiger partial charge on any atom is -0.338 e. The molecule has 1 aromatic heterocycles. The third-order valence-corrected chi connectivity index (χ3v) is 3.25. The van der Waals surface area contributed by atoms with Gasteiger partial charge < -0.3 is 9.80 Å². The molecule has 1 aliphatic rings. The summed E-state index contributed by atoms with van der Waals surface area (Å²) >= 11 is 6.75. The molecule has 1 aromatic rings. The van der Waals surface area contributed by atoms with Gasteiger partial charge in [-0.3, -0.25) is 0 Å². The molecule has 0 radical (unpaired) electrons. The Kier molecular flexibility index (Phi) is 3.58. The largest absolute Gasteiger partial charge is 0.338 e. The van der Waals surface area contributed by atoms with Gasteiger partial charge in [-0.05, 0) is 38.9 Å². The monoisotopic (exact) mass is 334 g/mol. The normalized spacial score (nSPS) is 18.2. The van der Waals surface area contributed by atoms with E-state index in [0.717, 1.165) is 41.3 Å². The van der Waals surface area contributed by atoms with Crippen molar-refractivity contribution in [1.29, 1.82) is 0 Å². The van der Waals surface area contributed by atoms with Gasteiger partial charge in [-0.1, -0.05) is 0 Å². The summed E-state index contributed by atoms with van der Waals surface area (Å²) < 4.78 is 1.64. The van der Waals surface area contributed by atoms with Crippen molar-refractivity contribution in [3.8, 4) is 0 Å². The topological polar surface area (TPSA) is 32.3 Å². The second kappa shape index (κ2) is 4.76. The fraction of sp³-hybridized carbons (Fsp3) is 0.556. The Morgan fingerprint density at radius 1 is 1.07 bits per heavy atom. The van der Waals surface area contributed by atoms with Crippen molar-refractivity contribution >= 4 is 37.8 Å². The molecule has 0 amide bonds. The van der Waals surface area contributed by atoms with Crippen LogP contribution >= 0.6 is 31.9 Å². The third-order valence-electron chi connectivity index (χ3n) is 2.44. The van der Waals surface area contributed by atoms with Crippen molar-refractivity contribution in [3.63, 3.8) is 0 Å². The maximum atomic E-state index is 4.37. The minimum absolute atomic E-state index is 0.796. The van der Waals surface area contributed by atoms with Crippen LogP contribution in [0.15, 0.2) is 15.3 Å². The summed E-state index contributed by atoms with van der Waals surface area (Å²) in [5.74, 6) is 0.796. The second-order valence-electron chi connectivity index (χ2n) is 3.60. The van der Waals surface area contributed by atoms with Crippen molar-refractivity contribution in [2.24, 2.45) is 0 Å². The highest BCUT2D eigenvalue weighted by Gasteiger charge is 2.16. The molecule has 0 bridgehead atoms. The van der Waals surface area contributed by atoms with Crippen LogP contribution in [0.1, 0.15) is 0 Å². The molecule has 1 fully saturated rings. The molecule has 15 heavy (non-hydrogen) atoms. The number of rotatable bonds is 1. The SMILES string of the molecule is CN1CCN(c2nc(Br)cc(Br)n2)CC1. The minimum atomic E-state index is 0.796. The van der Waals surface area contributed by atoms with Crippen molar-refractivity contribution in [1.82, 2.24) is 14.9 Å². The Bertz CT molecular complexity index is 330. The van der Waals surface area contributed by atoms with Gasteiger partial charge in [-0.25, -0.2) is 9.97 Å². The molecule has 0 unspecified atom stereocenters. The summed E-state index contributed by atoms with van der Waals surface area (Å²) in [5, 5.41) is 0. The molecular weight excluding hydrogens is 324 g/mol. The summed E-state index contributed by atoms with van der Waals surface area (Å²) in [6.07, 6.45) is 0. The first-order valence-corrected chi connectivity index (χ1v) is 6.37. The lowest BCUT2D eigenvalue weighted by Crippen LogP contribution is -2.45. The number of anilines is 1. The molecule has 0 aromatic carbocycles. The van der Waals surface area contributed by atoms with Gasteiger partial charge in [-0.15, -0.1) is 0 Å². The van der Waals surface area contributed by atoms with Crippen molar-refractivity contribution < 1.29 is 0 Å². The van der Waals surface area contributed by atoms with Gasteiger partial charge >= 0.3 is 0 Å². The summed E-state index contributed by atoms with van der Waals surface area (Å²) in [6, 6.07) is 1.85.